The van der Waals surface area contributed by atoms with E-state index in [-0.39, 0.29) is 5.91 Å². The number of amides is 1. The number of methoxy groups -OCH3 is 1. The van der Waals surface area contributed by atoms with Crippen LogP contribution in [0.4, 0.5) is 0 Å². The quantitative estimate of drug-likeness (QED) is 0.274. The molecule has 3 aromatic carbocycles. The Hall–Kier alpha value is -2.70. The van der Waals surface area contributed by atoms with E-state index in [9.17, 15) is 4.79 Å². The van der Waals surface area contributed by atoms with E-state index >= 15 is 0 Å². The Morgan fingerprint density at radius 3 is 2.50 bits per heavy atom. The molecule has 0 fully saturated rings. The number of benzene rings is 3. The van der Waals surface area contributed by atoms with Crippen LogP contribution in [0.1, 0.15) is 16.1 Å². The summed E-state index contributed by atoms with van der Waals surface area (Å²) in [6.07, 6.45) is 0.547. The molecule has 4 rings (SSSR count). The van der Waals surface area contributed by atoms with Gasteiger partial charge in [-0.2, -0.15) is 5.10 Å². The van der Waals surface area contributed by atoms with Gasteiger partial charge in [0.05, 0.1) is 28.5 Å². The van der Waals surface area contributed by atoms with E-state index in [0.717, 1.165) is 11.1 Å². The number of carbonyl (C=O) groups excluding carboxylic acids is 1. The predicted molar refractivity (Wildman–Crippen MR) is 138 cm³/mol. The number of hydrogen-bond acceptors (Lipinski definition) is 3. The van der Waals surface area contributed by atoms with Gasteiger partial charge in [0.1, 0.15) is 11.4 Å². The lowest BCUT2D eigenvalue weighted by atomic mass is 10.1. The fourth-order valence-electron chi connectivity index (χ4n) is 3.41. The van der Waals surface area contributed by atoms with Crippen LogP contribution in [0.3, 0.4) is 0 Å². The monoisotopic (exact) mass is 533 g/mol. The molecule has 174 valence electrons. The maximum absolute atomic E-state index is 13.2. The fraction of sp³-hybridized carbons (Fsp3) is 0.120. The first-order valence-electron chi connectivity index (χ1n) is 10.3. The molecule has 0 atom stereocenters. The van der Waals surface area contributed by atoms with Crippen molar-refractivity contribution in [2.45, 2.75) is 6.42 Å². The van der Waals surface area contributed by atoms with E-state index in [2.05, 4.69) is 10.4 Å². The molecule has 4 aromatic rings. The molecule has 1 heterocycles. The zero-order valence-corrected chi connectivity index (χ0v) is 21.0. The van der Waals surface area contributed by atoms with E-state index < -0.39 is 0 Å². The number of nitrogens with one attached hydrogen (secondary N) is 1. The van der Waals surface area contributed by atoms with E-state index in [1.165, 1.54) is 0 Å². The molecule has 0 bridgehead atoms. The van der Waals surface area contributed by atoms with Crippen LogP contribution < -0.4 is 10.1 Å². The Bertz CT molecular complexity index is 1350. The second-order valence-electron chi connectivity index (χ2n) is 7.40. The second kappa shape index (κ2) is 10.7. The summed E-state index contributed by atoms with van der Waals surface area (Å²) in [6.45, 7) is 0.376. The van der Waals surface area contributed by atoms with E-state index in [1.807, 2.05) is 30.3 Å². The highest BCUT2D eigenvalue weighted by Gasteiger charge is 2.18. The molecule has 0 radical (unpaired) electrons. The van der Waals surface area contributed by atoms with Gasteiger partial charge in [-0.15, -0.1) is 0 Å². The predicted octanol–water partition coefficient (Wildman–Crippen LogP) is 7.13. The Balaban J connectivity index is 1.64. The van der Waals surface area contributed by atoms with Crippen molar-refractivity contribution < 1.29 is 9.53 Å². The molecule has 1 aromatic heterocycles. The Kier molecular flexibility index (Phi) is 7.69. The van der Waals surface area contributed by atoms with E-state index in [0.29, 0.717) is 55.9 Å². The molecule has 5 nitrogen and oxygen atoms in total. The SMILES string of the molecule is COc1cccc(-c2cc(C(=O)NCCc3ccc(Cl)cc3Cl)n(-c3ccc(Cl)c(Cl)c3)n2)c1. The number of carbonyl (C=O) groups is 1. The smallest absolute Gasteiger partial charge is 0.270 e. The first-order chi connectivity index (χ1) is 16.4. The maximum atomic E-state index is 13.2. The Morgan fingerprint density at radius 2 is 1.76 bits per heavy atom. The van der Waals surface area contributed by atoms with Crippen LogP contribution in [0.25, 0.3) is 16.9 Å². The lowest BCUT2D eigenvalue weighted by molar-refractivity contribution is 0.0946. The van der Waals surface area contributed by atoms with Gasteiger partial charge in [0.15, 0.2) is 0 Å². The molecule has 0 aliphatic heterocycles. The first-order valence-corrected chi connectivity index (χ1v) is 11.8. The highest BCUT2D eigenvalue weighted by molar-refractivity contribution is 6.42. The molecule has 0 aliphatic carbocycles. The van der Waals surface area contributed by atoms with Crippen molar-refractivity contribution in [1.82, 2.24) is 15.1 Å². The normalized spacial score (nSPS) is 10.9. The maximum Gasteiger partial charge on any atom is 0.270 e. The van der Waals surface area contributed by atoms with Crippen LogP contribution in [-0.2, 0) is 6.42 Å². The molecule has 1 amide bonds. The van der Waals surface area contributed by atoms with Crippen LogP contribution in [0.5, 0.6) is 5.75 Å². The second-order valence-corrected chi connectivity index (χ2v) is 9.06. The van der Waals surface area contributed by atoms with Gasteiger partial charge in [0, 0.05) is 22.2 Å². The van der Waals surface area contributed by atoms with Gasteiger partial charge in [-0.25, -0.2) is 4.68 Å². The highest BCUT2D eigenvalue weighted by Crippen LogP contribution is 2.28. The standard InChI is InChI=1S/C25H19Cl4N3O2/c1-34-19-4-2-3-16(11-19)23-14-24(32(31-23)18-7-8-20(27)22(29)13-18)25(33)30-10-9-15-5-6-17(26)12-21(15)28/h2-8,11-14H,9-10H2,1H3,(H,30,33). The highest BCUT2D eigenvalue weighted by atomic mass is 35.5. The van der Waals surface area contributed by atoms with Crippen molar-refractivity contribution in [2.24, 2.45) is 0 Å². The number of hydrogen-bond donors (Lipinski definition) is 1. The van der Waals surface area contributed by atoms with Gasteiger partial charge >= 0.3 is 0 Å². The van der Waals surface area contributed by atoms with Gasteiger partial charge in [-0.3, -0.25) is 4.79 Å². The van der Waals surface area contributed by atoms with Gasteiger partial charge < -0.3 is 10.1 Å². The number of ether oxygens (including phenoxy) is 1. The van der Waals surface area contributed by atoms with Crippen LogP contribution >= 0.6 is 46.4 Å². The summed E-state index contributed by atoms with van der Waals surface area (Å²) in [6, 6.07) is 19.6. The molecule has 0 aliphatic rings. The summed E-state index contributed by atoms with van der Waals surface area (Å²) in [5, 5.41) is 9.51. The zero-order valence-electron chi connectivity index (χ0n) is 18.0. The molecule has 1 N–H and O–H groups in total. The Labute approximate surface area is 217 Å². The molecule has 0 saturated carbocycles. The number of nitrogens with zero attached hydrogens (tertiary/aromatic N) is 2. The van der Waals surface area contributed by atoms with Gasteiger partial charge in [-0.05, 0) is 60.5 Å². The Morgan fingerprint density at radius 1 is 0.941 bits per heavy atom. The number of halogens is 4. The summed E-state index contributed by atoms with van der Waals surface area (Å²) in [5.74, 6) is 0.394. The number of rotatable bonds is 7. The third-order valence-corrected chi connectivity index (χ3v) is 6.48. The van der Waals surface area contributed by atoms with Crippen molar-refractivity contribution in [3.8, 4) is 22.7 Å². The molecular weight excluding hydrogens is 516 g/mol. The third kappa shape index (κ3) is 5.50. The molecule has 0 unspecified atom stereocenters. The van der Waals surface area contributed by atoms with Crippen LogP contribution in [0.2, 0.25) is 20.1 Å². The number of aromatic nitrogens is 2. The van der Waals surface area contributed by atoms with Gasteiger partial charge in [0.2, 0.25) is 0 Å². The lowest BCUT2D eigenvalue weighted by Gasteiger charge is -2.10. The van der Waals surface area contributed by atoms with E-state index in [1.54, 1.807) is 48.2 Å². The largest absolute Gasteiger partial charge is 0.497 e. The van der Waals surface area contributed by atoms with Crippen molar-refractivity contribution in [1.29, 1.82) is 0 Å². The molecule has 0 spiro atoms. The third-order valence-electron chi connectivity index (χ3n) is 5.15. The summed E-state index contributed by atoms with van der Waals surface area (Å²) >= 11 is 24.5. The van der Waals surface area contributed by atoms with Crippen molar-refractivity contribution in [2.75, 3.05) is 13.7 Å². The van der Waals surface area contributed by atoms with Gasteiger partial charge in [0.25, 0.3) is 5.91 Å². The molecule has 34 heavy (non-hydrogen) atoms. The average molecular weight is 535 g/mol. The average Bonchev–Trinajstić information content (AvgIpc) is 3.28. The van der Waals surface area contributed by atoms with Gasteiger partial charge in [-0.1, -0.05) is 64.6 Å². The van der Waals surface area contributed by atoms with Crippen LogP contribution in [-0.4, -0.2) is 29.3 Å². The molecule has 0 saturated heterocycles. The molecule has 9 heteroatoms. The minimum absolute atomic E-state index is 0.294. The summed E-state index contributed by atoms with van der Waals surface area (Å²) < 4.78 is 6.86. The van der Waals surface area contributed by atoms with Crippen molar-refractivity contribution >= 4 is 52.3 Å². The summed E-state index contributed by atoms with van der Waals surface area (Å²) in [4.78, 5) is 13.2. The van der Waals surface area contributed by atoms with Crippen molar-refractivity contribution in [3.05, 3.63) is 98.1 Å². The zero-order chi connectivity index (χ0) is 24.2. The first kappa shape index (κ1) is 24.4. The lowest BCUT2D eigenvalue weighted by Crippen LogP contribution is -2.28. The summed E-state index contributed by atoms with van der Waals surface area (Å²) in [7, 11) is 1.60. The fourth-order valence-corrected chi connectivity index (χ4v) is 4.20. The minimum Gasteiger partial charge on any atom is -0.497 e. The van der Waals surface area contributed by atoms with Crippen LogP contribution in [0.15, 0.2) is 66.7 Å². The minimum atomic E-state index is -0.294. The summed E-state index contributed by atoms with van der Waals surface area (Å²) in [5.41, 5.74) is 3.25. The van der Waals surface area contributed by atoms with E-state index in [4.69, 9.17) is 51.1 Å². The van der Waals surface area contributed by atoms with Crippen molar-refractivity contribution in [3.63, 3.8) is 0 Å². The molecular formula is C25H19Cl4N3O2. The van der Waals surface area contributed by atoms with Crippen LogP contribution in [0, 0.1) is 0 Å². The topological polar surface area (TPSA) is 56.1 Å².